The van der Waals surface area contributed by atoms with E-state index in [1.807, 2.05) is 13.0 Å². The van der Waals surface area contributed by atoms with Crippen LogP contribution >= 0.6 is 34.5 Å². The Balaban J connectivity index is 2.16. The Morgan fingerprint density at radius 1 is 1.00 bits per heavy atom. The van der Waals surface area contributed by atoms with Crippen LogP contribution in [0.15, 0.2) is 36.4 Å². The van der Waals surface area contributed by atoms with Gasteiger partial charge in [-0.05, 0) is 43.3 Å². The summed E-state index contributed by atoms with van der Waals surface area (Å²) in [4.78, 5) is 25.6. The molecule has 0 fully saturated rings. The highest BCUT2D eigenvalue weighted by Gasteiger charge is 2.20. The third kappa shape index (κ3) is 2.93. The van der Waals surface area contributed by atoms with Crippen LogP contribution in [0.5, 0.6) is 0 Å². The first-order chi connectivity index (χ1) is 11.4. The third-order valence-electron chi connectivity index (χ3n) is 3.69. The van der Waals surface area contributed by atoms with E-state index in [4.69, 9.17) is 27.9 Å². The Bertz CT molecular complexity index is 976. The molecule has 0 saturated heterocycles. The lowest BCUT2D eigenvalue weighted by Crippen LogP contribution is -2.04. The molecule has 0 aliphatic carbocycles. The van der Waals surface area contributed by atoms with Gasteiger partial charge in [0.15, 0.2) is 5.78 Å². The minimum Gasteiger partial charge on any atom is -0.465 e. The number of aryl methyl sites for hydroxylation is 1. The second-order valence-corrected chi connectivity index (χ2v) is 7.26. The summed E-state index contributed by atoms with van der Waals surface area (Å²) in [7, 11) is 1.33. The average Bonchev–Trinajstić information content (AvgIpc) is 2.90. The van der Waals surface area contributed by atoms with Crippen LogP contribution in [0.2, 0.25) is 10.0 Å². The molecule has 0 amide bonds. The van der Waals surface area contributed by atoms with Gasteiger partial charge < -0.3 is 4.74 Å². The van der Waals surface area contributed by atoms with Crippen LogP contribution < -0.4 is 0 Å². The predicted octanol–water partition coefficient (Wildman–Crippen LogP) is 5.53. The number of halogens is 2. The highest BCUT2D eigenvalue weighted by molar-refractivity contribution is 7.19. The Hall–Kier alpha value is -1.88. The van der Waals surface area contributed by atoms with Gasteiger partial charge in [-0.2, -0.15) is 0 Å². The number of carbonyl (C=O) groups excluding carboxylic acids is 2. The van der Waals surface area contributed by atoms with Crippen molar-refractivity contribution in [3.63, 3.8) is 0 Å². The highest BCUT2D eigenvalue weighted by atomic mass is 35.5. The van der Waals surface area contributed by atoms with Gasteiger partial charge in [-0.1, -0.05) is 23.2 Å². The fraction of sp³-hybridized carbons (Fsp3) is 0.111. The van der Waals surface area contributed by atoms with Gasteiger partial charge in [-0.3, -0.25) is 4.79 Å². The molecule has 24 heavy (non-hydrogen) atoms. The van der Waals surface area contributed by atoms with Crippen LogP contribution in [-0.2, 0) is 4.74 Å². The van der Waals surface area contributed by atoms with Crippen LogP contribution in [0, 0.1) is 6.92 Å². The average molecular weight is 379 g/mol. The number of fused-ring (bicyclic) bond motifs is 1. The number of carbonyl (C=O) groups is 2. The summed E-state index contributed by atoms with van der Waals surface area (Å²) < 4.78 is 5.69. The zero-order valence-corrected chi connectivity index (χ0v) is 15.2. The van der Waals surface area contributed by atoms with E-state index >= 15 is 0 Å². The number of ether oxygens (including phenoxy) is 1. The SMILES string of the molecule is COC(=O)c1ccc2sc(C)c(C(=O)c3ccc(Cl)c(Cl)c3)c2c1. The van der Waals surface area contributed by atoms with Gasteiger partial charge in [-0.25, -0.2) is 4.79 Å². The summed E-state index contributed by atoms with van der Waals surface area (Å²) in [6.07, 6.45) is 0. The van der Waals surface area contributed by atoms with E-state index in [2.05, 4.69) is 0 Å². The Morgan fingerprint density at radius 3 is 2.38 bits per heavy atom. The first-order valence-corrected chi connectivity index (χ1v) is 8.61. The van der Waals surface area contributed by atoms with Crippen molar-refractivity contribution in [2.24, 2.45) is 0 Å². The lowest BCUT2D eigenvalue weighted by Gasteiger charge is -2.05. The number of esters is 1. The predicted molar refractivity (Wildman–Crippen MR) is 97.8 cm³/mol. The molecule has 2 aromatic carbocycles. The molecule has 0 aliphatic rings. The van der Waals surface area contributed by atoms with E-state index in [1.165, 1.54) is 18.4 Å². The zero-order valence-electron chi connectivity index (χ0n) is 12.9. The first kappa shape index (κ1) is 17.0. The van der Waals surface area contributed by atoms with E-state index in [9.17, 15) is 9.59 Å². The topological polar surface area (TPSA) is 43.4 Å². The van der Waals surface area contributed by atoms with E-state index in [0.29, 0.717) is 26.7 Å². The van der Waals surface area contributed by atoms with Gasteiger partial charge in [0.05, 0.1) is 22.7 Å². The fourth-order valence-corrected chi connectivity index (χ4v) is 3.87. The van der Waals surface area contributed by atoms with Crippen LogP contribution in [0.3, 0.4) is 0 Å². The molecule has 1 heterocycles. The standard InChI is InChI=1S/C18H12Cl2O3S/c1-9-16(17(21)10-3-5-13(19)14(20)8-10)12-7-11(18(22)23-2)4-6-15(12)24-9/h3-8H,1-2H3. The van der Waals surface area contributed by atoms with E-state index < -0.39 is 5.97 Å². The smallest absolute Gasteiger partial charge is 0.337 e. The molecule has 122 valence electrons. The lowest BCUT2D eigenvalue weighted by atomic mass is 9.99. The van der Waals surface area contributed by atoms with Gasteiger partial charge in [0.25, 0.3) is 0 Å². The number of hydrogen-bond acceptors (Lipinski definition) is 4. The van der Waals surface area contributed by atoms with Crippen molar-refractivity contribution in [3.05, 3.63) is 68.0 Å². The molecule has 0 aliphatic heterocycles. The quantitative estimate of drug-likeness (QED) is 0.444. The van der Waals surface area contributed by atoms with Gasteiger partial charge in [0.2, 0.25) is 0 Å². The Morgan fingerprint density at radius 2 is 1.71 bits per heavy atom. The van der Waals surface area contributed by atoms with Crippen molar-refractivity contribution in [3.8, 4) is 0 Å². The number of rotatable bonds is 3. The Labute approximate surface area is 152 Å². The molecule has 0 unspecified atom stereocenters. The van der Waals surface area contributed by atoms with Crippen LogP contribution in [-0.4, -0.2) is 18.9 Å². The van der Waals surface area contributed by atoms with E-state index in [1.54, 1.807) is 30.3 Å². The number of benzene rings is 2. The van der Waals surface area contributed by atoms with E-state index in [0.717, 1.165) is 15.0 Å². The number of methoxy groups -OCH3 is 1. The summed E-state index contributed by atoms with van der Waals surface area (Å²) >= 11 is 13.4. The molecular weight excluding hydrogens is 367 g/mol. The molecule has 0 N–H and O–H groups in total. The minimum atomic E-state index is -0.436. The van der Waals surface area contributed by atoms with E-state index in [-0.39, 0.29) is 5.78 Å². The number of thiophene rings is 1. The molecule has 3 aromatic rings. The van der Waals surface area contributed by atoms with Crippen molar-refractivity contribution in [2.45, 2.75) is 6.92 Å². The van der Waals surface area contributed by atoms with Gasteiger partial charge >= 0.3 is 5.97 Å². The normalized spacial score (nSPS) is 10.8. The second kappa shape index (κ2) is 6.55. The first-order valence-electron chi connectivity index (χ1n) is 7.03. The summed E-state index contributed by atoms with van der Waals surface area (Å²) in [5.41, 5.74) is 1.43. The molecule has 1 aromatic heterocycles. The second-order valence-electron chi connectivity index (χ2n) is 5.19. The maximum Gasteiger partial charge on any atom is 0.337 e. The molecule has 0 atom stereocenters. The van der Waals surface area contributed by atoms with Crippen molar-refractivity contribution >= 4 is 56.4 Å². The largest absolute Gasteiger partial charge is 0.465 e. The summed E-state index contributed by atoms with van der Waals surface area (Å²) in [6, 6.07) is 10.0. The summed E-state index contributed by atoms with van der Waals surface area (Å²) in [5, 5.41) is 1.46. The molecular formula is C18H12Cl2O3S. The molecule has 0 spiro atoms. The van der Waals surface area contributed by atoms with Crippen LogP contribution in [0.25, 0.3) is 10.1 Å². The maximum atomic E-state index is 12.9. The highest BCUT2D eigenvalue weighted by Crippen LogP contribution is 2.34. The molecule has 3 rings (SSSR count). The molecule has 0 saturated carbocycles. The summed E-state index contributed by atoms with van der Waals surface area (Å²) in [5.74, 6) is -0.590. The number of hydrogen-bond donors (Lipinski definition) is 0. The fourth-order valence-electron chi connectivity index (χ4n) is 2.53. The minimum absolute atomic E-state index is 0.153. The zero-order chi connectivity index (χ0) is 17.4. The maximum absolute atomic E-state index is 12.9. The third-order valence-corrected chi connectivity index (χ3v) is 5.52. The van der Waals surface area contributed by atoms with Gasteiger partial charge in [0, 0.05) is 26.1 Å². The molecule has 0 bridgehead atoms. The van der Waals surface area contributed by atoms with Crippen LogP contribution in [0.1, 0.15) is 31.2 Å². The lowest BCUT2D eigenvalue weighted by molar-refractivity contribution is 0.0600. The van der Waals surface area contributed by atoms with Crippen molar-refractivity contribution < 1.29 is 14.3 Å². The molecule has 6 heteroatoms. The summed E-state index contributed by atoms with van der Waals surface area (Å²) in [6.45, 7) is 1.88. The van der Waals surface area contributed by atoms with Crippen molar-refractivity contribution in [1.82, 2.24) is 0 Å². The van der Waals surface area contributed by atoms with Gasteiger partial charge in [-0.15, -0.1) is 11.3 Å². The monoisotopic (exact) mass is 378 g/mol. The van der Waals surface area contributed by atoms with Crippen molar-refractivity contribution in [2.75, 3.05) is 7.11 Å². The van der Waals surface area contributed by atoms with Crippen molar-refractivity contribution in [1.29, 1.82) is 0 Å². The van der Waals surface area contributed by atoms with Crippen LogP contribution in [0.4, 0.5) is 0 Å². The Kier molecular flexibility index (Phi) is 4.63. The molecule has 3 nitrogen and oxygen atoms in total. The molecule has 0 radical (unpaired) electrons. The van der Waals surface area contributed by atoms with Gasteiger partial charge in [0.1, 0.15) is 0 Å². The number of ketones is 1.